The van der Waals surface area contributed by atoms with E-state index >= 15 is 0 Å². The van der Waals surface area contributed by atoms with Crippen molar-refractivity contribution in [2.24, 2.45) is 0 Å². The number of hydrogen-bond acceptors (Lipinski definition) is 5. The highest BCUT2D eigenvalue weighted by Crippen LogP contribution is 2.21. The van der Waals surface area contributed by atoms with Gasteiger partial charge in [0.1, 0.15) is 18.0 Å². The lowest BCUT2D eigenvalue weighted by Gasteiger charge is -2.23. The summed E-state index contributed by atoms with van der Waals surface area (Å²) in [7, 11) is 1.64. The van der Waals surface area contributed by atoms with Gasteiger partial charge in [-0.3, -0.25) is 4.79 Å². The Morgan fingerprint density at radius 1 is 1.37 bits per heavy atom. The SMILES string of the molecule is CCCNc1ncnc(N(CC)CC(=O)NC)c1C. The molecule has 0 radical (unpaired) electrons. The minimum atomic E-state index is -0.0251. The highest BCUT2D eigenvalue weighted by molar-refractivity contribution is 5.81. The number of amides is 1. The molecule has 1 heterocycles. The van der Waals surface area contributed by atoms with E-state index in [2.05, 4.69) is 27.5 Å². The average Bonchev–Trinajstić information content (AvgIpc) is 2.43. The second-order valence-corrected chi connectivity index (χ2v) is 4.29. The molecule has 0 unspecified atom stereocenters. The Labute approximate surface area is 114 Å². The fourth-order valence-electron chi connectivity index (χ4n) is 1.77. The molecule has 0 spiro atoms. The van der Waals surface area contributed by atoms with E-state index in [1.807, 2.05) is 18.7 Å². The van der Waals surface area contributed by atoms with Gasteiger partial charge in [0.15, 0.2) is 0 Å². The molecule has 0 aliphatic rings. The molecule has 0 bridgehead atoms. The Bertz CT molecular complexity index is 421. The first-order valence-electron chi connectivity index (χ1n) is 6.65. The van der Waals surface area contributed by atoms with Crippen LogP contribution >= 0.6 is 0 Å². The monoisotopic (exact) mass is 265 g/mol. The molecule has 0 atom stereocenters. The lowest BCUT2D eigenvalue weighted by Crippen LogP contribution is -2.36. The third-order valence-electron chi connectivity index (χ3n) is 2.89. The summed E-state index contributed by atoms with van der Waals surface area (Å²) in [4.78, 5) is 22.0. The molecular weight excluding hydrogens is 242 g/mol. The summed E-state index contributed by atoms with van der Waals surface area (Å²) in [5.41, 5.74) is 0.974. The maximum atomic E-state index is 11.5. The Morgan fingerprint density at radius 2 is 2.11 bits per heavy atom. The van der Waals surface area contributed by atoms with Gasteiger partial charge in [0.05, 0.1) is 6.54 Å². The number of carbonyl (C=O) groups is 1. The Kier molecular flexibility index (Phi) is 6.05. The van der Waals surface area contributed by atoms with Crippen molar-refractivity contribution in [3.63, 3.8) is 0 Å². The molecule has 1 amide bonds. The number of nitrogens with one attached hydrogen (secondary N) is 2. The topological polar surface area (TPSA) is 70.2 Å². The van der Waals surface area contributed by atoms with Crippen LogP contribution in [0.1, 0.15) is 25.8 Å². The molecule has 19 heavy (non-hydrogen) atoms. The van der Waals surface area contributed by atoms with Crippen LogP contribution in [-0.4, -0.2) is 42.6 Å². The number of rotatable bonds is 7. The molecule has 1 aromatic rings. The first kappa shape index (κ1) is 15.2. The van der Waals surface area contributed by atoms with Crippen molar-refractivity contribution in [3.05, 3.63) is 11.9 Å². The molecule has 1 aromatic heterocycles. The fraction of sp³-hybridized carbons (Fsp3) is 0.615. The van der Waals surface area contributed by atoms with Gasteiger partial charge in [-0.05, 0) is 20.3 Å². The predicted molar refractivity (Wildman–Crippen MR) is 77.5 cm³/mol. The van der Waals surface area contributed by atoms with Crippen LogP contribution in [0.25, 0.3) is 0 Å². The van der Waals surface area contributed by atoms with Crippen LogP contribution in [0.2, 0.25) is 0 Å². The van der Waals surface area contributed by atoms with E-state index in [1.54, 1.807) is 7.05 Å². The number of hydrogen-bond donors (Lipinski definition) is 2. The third-order valence-corrected chi connectivity index (χ3v) is 2.89. The van der Waals surface area contributed by atoms with Gasteiger partial charge in [-0.15, -0.1) is 0 Å². The zero-order valence-corrected chi connectivity index (χ0v) is 12.2. The van der Waals surface area contributed by atoms with Gasteiger partial charge < -0.3 is 15.5 Å². The molecule has 6 nitrogen and oxygen atoms in total. The van der Waals surface area contributed by atoms with Crippen molar-refractivity contribution in [1.29, 1.82) is 0 Å². The second-order valence-electron chi connectivity index (χ2n) is 4.29. The molecule has 6 heteroatoms. The van der Waals surface area contributed by atoms with E-state index < -0.39 is 0 Å². The molecule has 0 saturated carbocycles. The van der Waals surface area contributed by atoms with Crippen LogP contribution in [0.4, 0.5) is 11.6 Å². The van der Waals surface area contributed by atoms with Crippen LogP contribution in [0.15, 0.2) is 6.33 Å². The number of nitrogens with zero attached hydrogens (tertiary/aromatic N) is 3. The van der Waals surface area contributed by atoms with Crippen LogP contribution in [0.5, 0.6) is 0 Å². The standard InChI is InChI=1S/C13H23N5O/c1-5-7-15-12-10(3)13(17-9-16-12)18(6-2)8-11(19)14-4/h9H,5-8H2,1-4H3,(H,14,19)(H,15,16,17). The molecule has 0 aromatic carbocycles. The zero-order chi connectivity index (χ0) is 14.3. The molecule has 0 saturated heterocycles. The van der Waals surface area contributed by atoms with E-state index in [-0.39, 0.29) is 5.91 Å². The maximum Gasteiger partial charge on any atom is 0.239 e. The minimum absolute atomic E-state index is 0.0251. The van der Waals surface area contributed by atoms with E-state index in [0.717, 1.165) is 36.7 Å². The molecule has 1 rings (SSSR count). The van der Waals surface area contributed by atoms with E-state index in [4.69, 9.17) is 0 Å². The first-order chi connectivity index (χ1) is 9.13. The number of anilines is 2. The Hall–Kier alpha value is -1.85. The smallest absolute Gasteiger partial charge is 0.239 e. The van der Waals surface area contributed by atoms with Gasteiger partial charge in [0.2, 0.25) is 5.91 Å². The van der Waals surface area contributed by atoms with E-state index in [1.165, 1.54) is 6.33 Å². The highest BCUT2D eigenvalue weighted by Gasteiger charge is 2.15. The van der Waals surface area contributed by atoms with Crippen molar-refractivity contribution in [1.82, 2.24) is 15.3 Å². The Morgan fingerprint density at radius 3 is 2.68 bits per heavy atom. The number of likely N-dealkylation sites (N-methyl/N-ethyl adjacent to an activating group) is 2. The van der Waals surface area contributed by atoms with Crippen LogP contribution in [0, 0.1) is 6.92 Å². The van der Waals surface area contributed by atoms with E-state index in [0.29, 0.717) is 6.54 Å². The molecule has 0 fully saturated rings. The summed E-state index contributed by atoms with van der Waals surface area (Å²) >= 11 is 0. The van der Waals surface area contributed by atoms with Gasteiger partial charge in [-0.2, -0.15) is 0 Å². The largest absolute Gasteiger partial charge is 0.370 e. The minimum Gasteiger partial charge on any atom is -0.370 e. The fourth-order valence-corrected chi connectivity index (χ4v) is 1.77. The zero-order valence-electron chi connectivity index (χ0n) is 12.2. The van der Waals surface area contributed by atoms with Crippen molar-refractivity contribution in [2.45, 2.75) is 27.2 Å². The lowest BCUT2D eigenvalue weighted by molar-refractivity contribution is -0.119. The summed E-state index contributed by atoms with van der Waals surface area (Å²) in [5.74, 6) is 1.62. The van der Waals surface area contributed by atoms with Crippen LogP contribution in [-0.2, 0) is 4.79 Å². The van der Waals surface area contributed by atoms with Gasteiger partial charge in [0.25, 0.3) is 0 Å². The Balaban J connectivity index is 2.94. The summed E-state index contributed by atoms with van der Waals surface area (Å²) in [6.07, 6.45) is 2.57. The van der Waals surface area contributed by atoms with Gasteiger partial charge in [-0.1, -0.05) is 6.92 Å². The third kappa shape index (κ3) is 4.08. The number of aromatic nitrogens is 2. The van der Waals surface area contributed by atoms with Crippen molar-refractivity contribution >= 4 is 17.5 Å². The van der Waals surface area contributed by atoms with Crippen LogP contribution < -0.4 is 15.5 Å². The molecular formula is C13H23N5O. The van der Waals surface area contributed by atoms with Crippen molar-refractivity contribution < 1.29 is 4.79 Å². The predicted octanol–water partition coefficient (Wildman–Crippen LogP) is 1.18. The first-order valence-corrected chi connectivity index (χ1v) is 6.65. The molecule has 0 aliphatic heterocycles. The average molecular weight is 265 g/mol. The summed E-state index contributed by atoms with van der Waals surface area (Å²) in [6, 6.07) is 0. The van der Waals surface area contributed by atoms with Gasteiger partial charge in [-0.25, -0.2) is 9.97 Å². The normalized spacial score (nSPS) is 10.1. The quantitative estimate of drug-likeness (QED) is 0.774. The van der Waals surface area contributed by atoms with Crippen molar-refractivity contribution in [2.75, 3.05) is 36.9 Å². The highest BCUT2D eigenvalue weighted by atomic mass is 16.1. The second kappa shape index (κ2) is 7.56. The number of carbonyl (C=O) groups excluding carboxylic acids is 1. The summed E-state index contributed by atoms with van der Waals surface area (Å²) in [5, 5.41) is 5.90. The van der Waals surface area contributed by atoms with Gasteiger partial charge >= 0.3 is 0 Å². The maximum absolute atomic E-state index is 11.5. The summed E-state index contributed by atoms with van der Waals surface area (Å²) < 4.78 is 0. The molecule has 2 N–H and O–H groups in total. The molecule has 0 aliphatic carbocycles. The van der Waals surface area contributed by atoms with Crippen molar-refractivity contribution in [3.8, 4) is 0 Å². The molecule has 106 valence electrons. The summed E-state index contributed by atoms with van der Waals surface area (Å²) in [6.45, 7) is 7.98. The lowest BCUT2D eigenvalue weighted by atomic mass is 10.2. The van der Waals surface area contributed by atoms with Gasteiger partial charge in [0, 0.05) is 25.7 Å². The van der Waals surface area contributed by atoms with Crippen LogP contribution in [0.3, 0.4) is 0 Å². The van der Waals surface area contributed by atoms with E-state index in [9.17, 15) is 4.79 Å².